The molecule has 0 saturated heterocycles. The molecule has 90 valence electrons. The van der Waals surface area contributed by atoms with Gasteiger partial charge in [0.05, 0.1) is 18.3 Å². The van der Waals surface area contributed by atoms with Crippen LogP contribution in [-0.4, -0.2) is 16.7 Å². The van der Waals surface area contributed by atoms with Crippen LogP contribution in [0.25, 0.3) is 10.6 Å². The number of hydrogen-bond acceptors (Lipinski definition) is 4. The van der Waals surface area contributed by atoms with E-state index in [-0.39, 0.29) is 12.4 Å². The largest absolute Gasteiger partial charge is 0.394 e. The highest BCUT2D eigenvalue weighted by Gasteiger charge is 2.14. The monoisotopic (exact) mass is 252 g/mol. The van der Waals surface area contributed by atoms with Crippen molar-refractivity contribution in [3.05, 3.63) is 40.7 Å². The second-order valence-corrected chi connectivity index (χ2v) is 4.80. The fourth-order valence-corrected chi connectivity index (χ4v) is 2.62. The predicted molar refractivity (Wildman–Crippen MR) is 66.3 cm³/mol. The minimum absolute atomic E-state index is 0.105. The van der Waals surface area contributed by atoms with E-state index >= 15 is 0 Å². The third-order valence-electron chi connectivity index (χ3n) is 2.46. The van der Waals surface area contributed by atoms with E-state index in [4.69, 9.17) is 10.8 Å². The SMILES string of the molecule is Cc1nc(-c2ccc(F)cc2)sc1C(N)CO. The van der Waals surface area contributed by atoms with Crippen LogP contribution in [0.4, 0.5) is 4.39 Å². The van der Waals surface area contributed by atoms with Crippen LogP contribution in [0.3, 0.4) is 0 Å². The van der Waals surface area contributed by atoms with E-state index in [1.54, 1.807) is 12.1 Å². The second-order valence-electron chi connectivity index (χ2n) is 3.76. The van der Waals surface area contributed by atoms with E-state index in [0.717, 1.165) is 21.1 Å². The number of thiazole rings is 1. The van der Waals surface area contributed by atoms with Gasteiger partial charge in [0.25, 0.3) is 0 Å². The van der Waals surface area contributed by atoms with Crippen molar-refractivity contribution < 1.29 is 9.50 Å². The maximum Gasteiger partial charge on any atom is 0.123 e. The zero-order valence-electron chi connectivity index (χ0n) is 9.35. The quantitative estimate of drug-likeness (QED) is 0.880. The molecule has 0 saturated carbocycles. The number of nitrogens with two attached hydrogens (primary N) is 1. The van der Waals surface area contributed by atoms with Gasteiger partial charge in [0.1, 0.15) is 10.8 Å². The van der Waals surface area contributed by atoms with Crippen molar-refractivity contribution in [2.24, 2.45) is 5.73 Å². The lowest BCUT2D eigenvalue weighted by Gasteiger charge is -2.04. The van der Waals surface area contributed by atoms with Gasteiger partial charge < -0.3 is 10.8 Å². The molecular formula is C12H13FN2OS. The summed E-state index contributed by atoms with van der Waals surface area (Å²) >= 11 is 1.43. The molecule has 0 fully saturated rings. The molecule has 0 aliphatic rings. The van der Waals surface area contributed by atoms with Gasteiger partial charge in [0, 0.05) is 10.4 Å². The maximum absolute atomic E-state index is 12.8. The first kappa shape index (κ1) is 12.2. The van der Waals surface area contributed by atoms with Gasteiger partial charge >= 0.3 is 0 Å². The summed E-state index contributed by atoms with van der Waals surface area (Å²) in [5.41, 5.74) is 7.44. The minimum Gasteiger partial charge on any atom is -0.394 e. The molecule has 0 aliphatic carbocycles. The fourth-order valence-electron chi connectivity index (χ4n) is 1.55. The van der Waals surface area contributed by atoms with Crippen molar-refractivity contribution in [2.75, 3.05) is 6.61 Å². The first-order chi connectivity index (χ1) is 8.11. The molecule has 0 aliphatic heterocycles. The molecule has 1 aromatic carbocycles. The average Bonchev–Trinajstić information content (AvgIpc) is 2.71. The van der Waals surface area contributed by atoms with Crippen LogP contribution in [0.1, 0.15) is 16.6 Å². The zero-order chi connectivity index (χ0) is 12.4. The van der Waals surface area contributed by atoms with Crippen LogP contribution in [0.15, 0.2) is 24.3 Å². The molecule has 2 aromatic rings. The standard InChI is InChI=1S/C12H13FN2OS/c1-7-11(10(14)6-16)17-12(15-7)8-2-4-9(13)5-3-8/h2-5,10,16H,6,14H2,1H3. The number of aromatic nitrogens is 1. The Bertz CT molecular complexity index is 510. The highest BCUT2D eigenvalue weighted by molar-refractivity contribution is 7.15. The molecule has 5 heteroatoms. The summed E-state index contributed by atoms with van der Waals surface area (Å²) < 4.78 is 12.8. The average molecular weight is 252 g/mol. The molecule has 2 rings (SSSR count). The van der Waals surface area contributed by atoms with Crippen molar-refractivity contribution in [1.82, 2.24) is 4.98 Å². The predicted octanol–water partition coefficient (Wildman–Crippen LogP) is 2.25. The van der Waals surface area contributed by atoms with Crippen LogP contribution < -0.4 is 5.73 Å². The lowest BCUT2D eigenvalue weighted by molar-refractivity contribution is 0.269. The van der Waals surface area contributed by atoms with Crippen LogP contribution in [0, 0.1) is 12.7 Å². The smallest absolute Gasteiger partial charge is 0.123 e. The van der Waals surface area contributed by atoms with Crippen molar-refractivity contribution in [3.8, 4) is 10.6 Å². The molecule has 1 atom stereocenters. The first-order valence-electron chi connectivity index (χ1n) is 5.21. The van der Waals surface area contributed by atoms with Crippen molar-refractivity contribution in [2.45, 2.75) is 13.0 Å². The van der Waals surface area contributed by atoms with E-state index in [9.17, 15) is 4.39 Å². The lowest BCUT2D eigenvalue weighted by atomic mass is 10.2. The Morgan fingerprint density at radius 3 is 2.65 bits per heavy atom. The number of benzene rings is 1. The molecule has 17 heavy (non-hydrogen) atoms. The molecule has 1 unspecified atom stereocenters. The molecule has 1 heterocycles. The topological polar surface area (TPSA) is 59.1 Å². The summed E-state index contributed by atoms with van der Waals surface area (Å²) in [6.45, 7) is 1.75. The van der Waals surface area contributed by atoms with Gasteiger partial charge in [0.15, 0.2) is 0 Å². The highest BCUT2D eigenvalue weighted by atomic mass is 32.1. The Hall–Kier alpha value is -1.30. The Morgan fingerprint density at radius 2 is 2.06 bits per heavy atom. The molecule has 0 bridgehead atoms. The third-order valence-corrected chi connectivity index (χ3v) is 3.80. The molecular weight excluding hydrogens is 239 g/mol. The summed E-state index contributed by atoms with van der Waals surface area (Å²) in [6.07, 6.45) is 0. The van der Waals surface area contributed by atoms with E-state index in [2.05, 4.69) is 4.98 Å². The number of aliphatic hydroxyl groups excluding tert-OH is 1. The van der Waals surface area contributed by atoms with Crippen molar-refractivity contribution >= 4 is 11.3 Å². The number of halogens is 1. The zero-order valence-corrected chi connectivity index (χ0v) is 10.2. The molecule has 0 amide bonds. The van der Waals surface area contributed by atoms with E-state index < -0.39 is 6.04 Å². The Labute approximate surface area is 103 Å². The number of nitrogens with zero attached hydrogens (tertiary/aromatic N) is 1. The number of aliphatic hydroxyl groups is 1. The Balaban J connectivity index is 2.37. The van der Waals surface area contributed by atoms with Gasteiger partial charge in [-0.15, -0.1) is 11.3 Å². The summed E-state index contributed by atoms with van der Waals surface area (Å²) in [7, 11) is 0. The summed E-state index contributed by atoms with van der Waals surface area (Å²) in [5, 5.41) is 9.83. The van der Waals surface area contributed by atoms with Crippen molar-refractivity contribution in [3.63, 3.8) is 0 Å². The van der Waals surface area contributed by atoms with Gasteiger partial charge in [-0.05, 0) is 31.2 Å². The van der Waals surface area contributed by atoms with E-state index in [1.165, 1.54) is 23.5 Å². The Morgan fingerprint density at radius 1 is 1.41 bits per heavy atom. The summed E-state index contributed by atoms with van der Waals surface area (Å²) in [5.74, 6) is -0.269. The highest BCUT2D eigenvalue weighted by Crippen LogP contribution is 2.30. The molecule has 3 nitrogen and oxygen atoms in total. The van der Waals surface area contributed by atoms with Crippen LogP contribution in [0.5, 0.6) is 0 Å². The number of rotatable bonds is 3. The van der Waals surface area contributed by atoms with Gasteiger partial charge in [0.2, 0.25) is 0 Å². The molecule has 1 aromatic heterocycles. The first-order valence-corrected chi connectivity index (χ1v) is 6.03. The van der Waals surface area contributed by atoms with Gasteiger partial charge in [-0.25, -0.2) is 9.37 Å². The van der Waals surface area contributed by atoms with Crippen LogP contribution in [-0.2, 0) is 0 Å². The van der Waals surface area contributed by atoms with E-state index in [1.807, 2.05) is 6.92 Å². The fraction of sp³-hybridized carbons (Fsp3) is 0.250. The normalized spacial score (nSPS) is 12.7. The summed E-state index contributed by atoms with van der Waals surface area (Å²) in [4.78, 5) is 5.25. The molecule has 0 radical (unpaired) electrons. The lowest BCUT2D eigenvalue weighted by Crippen LogP contribution is -2.13. The van der Waals surface area contributed by atoms with Crippen LogP contribution >= 0.6 is 11.3 Å². The van der Waals surface area contributed by atoms with E-state index in [0.29, 0.717) is 0 Å². The minimum atomic E-state index is -0.401. The summed E-state index contributed by atoms with van der Waals surface area (Å²) in [6, 6.07) is 5.76. The van der Waals surface area contributed by atoms with Crippen molar-refractivity contribution in [1.29, 1.82) is 0 Å². The van der Waals surface area contributed by atoms with Crippen LogP contribution in [0.2, 0.25) is 0 Å². The number of aryl methyl sites for hydroxylation is 1. The second kappa shape index (κ2) is 4.91. The maximum atomic E-state index is 12.8. The molecule has 0 spiro atoms. The molecule has 3 N–H and O–H groups in total. The van der Waals surface area contributed by atoms with Gasteiger partial charge in [-0.1, -0.05) is 0 Å². The third kappa shape index (κ3) is 2.52. The van der Waals surface area contributed by atoms with Gasteiger partial charge in [-0.3, -0.25) is 0 Å². The Kier molecular flexibility index (Phi) is 3.51. The number of hydrogen-bond donors (Lipinski definition) is 2. The van der Waals surface area contributed by atoms with Gasteiger partial charge in [-0.2, -0.15) is 0 Å².